The standard InChI is InChI=1S/C23H24N2O3/c1-3-16-28-21-13-9-19(10-14-21)23(26)25(22-6-4-5-15-24-22)17-18-7-11-20(27-2)12-8-18/h4-15H,3,16-17H2,1-2H3. The van der Waals surface area contributed by atoms with E-state index in [4.69, 9.17) is 9.47 Å². The largest absolute Gasteiger partial charge is 0.497 e. The number of pyridine rings is 1. The van der Waals surface area contributed by atoms with Crippen molar-refractivity contribution in [2.24, 2.45) is 0 Å². The zero-order valence-corrected chi connectivity index (χ0v) is 16.2. The summed E-state index contributed by atoms with van der Waals surface area (Å²) in [5, 5.41) is 0. The summed E-state index contributed by atoms with van der Waals surface area (Å²) in [6.07, 6.45) is 2.63. The van der Waals surface area contributed by atoms with Gasteiger partial charge in [0.25, 0.3) is 5.91 Å². The number of amides is 1. The van der Waals surface area contributed by atoms with E-state index in [9.17, 15) is 4.79 Å². The highest BCUT2D eigenvalue weighted by Crippen LogP contribution is 2.21. The van der Waals surface area contributed by atoms with Crippen LogP contribution < -0.4 is 14.4 Å². The van der Waals surface area contributed by atoms with Crippen molar-refractivity contribution in [2.45, 2.75) is 19.9 Å². The van der Waals surface area contributed by atoms with Gasteiger partial charge < -0.3 is 9.47 Å². The van der Waals surface area contributed by atoms with Crippen LogP contribution in [0.2, 0.25) is 0 Å². The molecule has 28 heavy (non-hydrogen) atoms. The predicted octanol–water partition coefficient (Wildman–Crippen LogP) is 4.73. The number of benzene rings is 2. The van der Waals surface area contributed by atoms with Crippen LogP contribution in [0.4, 0.5) is 5.82 Å². The van der Waals surface area contributed by atoms with Gasteiger partial charge in [-0.2, -0.15) is 0 Å². The second kappa shape index (κ2) is 9.55. The van der Waals surface area contributed by atoms with Gasteiger partial charge in [-0.15, -0.1) is 0 Å². The molecule has 0 atom stereocenters. The number of carbonyl (C=O) groups excluding carboxylic acids is 1. The molecule has 0 saturated carbocycles. The Morgan fingerprint density at radius 3 is 2.29 bits per heavy atom. The van der Waals surface area contributed by atoms with Gasteiger partial charge in [0.1, 0.15) is 17.3 Å². The lowest BCUT2D eigenvalue weighted by molar-refractivity contribution is 0.0984. The fraction of sp³-hybridized carbons (Fsp3) is 0.217. The van der Waals surface area contributed by atoms with E-state index in [0.29, 0.717) is 24.5 Å². The zero-order chi connectivity index (χ0) is 19.8. The number of hydrogen-bond donors (Lipinski definition) is 0. The molecule has 2 aromatic carbocycles. The van der Waals surface area contributed by atoms with E-state index >= 15 is 0 Å². The lowest BCUT2D eigenvalue weighted by Gasteiger charge is -2.22. The summed E-state index contributed by atoms with van der Waals surface area (Å²) in [4.78, 5) is 19.3. The van der Waals surface area contributed by atoms with Crippen LogP contribution in [0.25, 0.3) is 0 Å². The van der Waals surface area contributed by atoms with Crippen molar-refractivity contribution in [3.63, 3.8) is 0 Å². The average molecular weight is 376 g/mol. The van der Waals surface area contributed by atoms with Gasteiger partial charge in [0.2, 0.25) is 0 Å². The number of aromatic nitrogens is 1. The van der Waals surface area contributed by atoms with Crippen molar-refractivity contribution in [3.8, 4) is 11.5 Å². The first kappa shape index (κ1) is 19.4. The quantitative estimate of drug-likeness (QED) is 0.570. The molecular weight excluding hydrogens is 352 g/mol. The monoisotopic (exact) mass is 376 g/mol. The molecule has 0 fully saturated rings. The maximum atomic E-state index is 13.2. The second-order valence-corrected chi connectivity index (χ2v) is 6.30. The molecule has 3 rings (SSSR count). The molecule has 0 radical (unpaired) electrons. The Hall–Kier alpha value is -3.34. The summed E-state index contributed by atoms with van der Waals surface area (Å²) in [5.41, 5.74) is 1.57. The highest BCUT2D eigenvalue weighted by atomic mass is 16.5. The third-order valence-electron chi connectivity index (χ3n) is 4.24. The molecule has 0 spiro atoms. The molecule has 0 N–H and O–H groups in total. The van der Waals surface area contributed by atoms with Crippen LogP contribution in [-0.4, -0.2) is 24.6 Å². The summed E-state index contributed by atoms with van der Waals surface area (Å²) in [5.74, 6) is 2.03. The first-order valence-corrected chi connectivity index (χ1v) is 9.30. The lowest BCUT2D eigenvalue weighted by atomic mass is 10.1. The molecule has 1 amide bonds. The Balaban J connectivity index is 1.84. The average Bonchev–Trinajstić information content (AvgIpc) is 2.77. The first-order valence-electron chi connectivity index (χ1n) is 9.30. The number of rotatable bonds is 8. The Kier molecular flexibility index (Phi) is 6.63. The molecule has 1 heterocycles. The van der Waals surface area contributed by atoms with E-state index in [1.165, 1.54) is 0 Å². The smallest absolute Gasteiger partial charge is 0.259 e. The van der Waals surface area contributed by atoms with E-state index in [1.54, 1.807) is 30.3 Å². The minimum Gasteiger partial charge on any atom is -0.497 e. The Morgan fingerprint density at radius 2 is 1.68 bits per heavy atom. The van der Waals surface area contributed by atoms with E-state index in [0.717, 1.165) is 23.5 Å². The third-order valence-corrected chi connectivity index (χ3v) is 4.24. The fourth-order valence-electron chi connectivity index (χ4n) is 2.75. The van der Waals surface area contributed by atoms with Crippen molar-refractivity contribution in [1.29, 1.82) is 0 Å². The summed E-state index contributed by atoms with van der Waals surface area (Å²) >= 11 is 0. The van der Waals surface area contributed by atoms with E-state index < -0.39 is 0 Å². The van der Waals surface area contributed by atoms with Gasteiger partial charge in [0.05, 0.1) is 20.3 Å². The number of carbonyl (C=O) groups is 1. The lowest BCUT2D eigenvalue weighted by Crippen LogP contribution is -2.31. The number of ether oxygens (including phenoxy) is 2. The highest BCUT2D eigenvalue weighted by Gasteiger charge is 2.19. The van der Waals surface area contributed by atoms with E-state index in [2.05, 4.69) is 11.9 Å². The normalized spacial score (nSPS) is 10.4. The van der Waals surface area contributed by atoms with E-state index in [1.807, 2.05) is 54.6 Å². The minimum atomic E-state index is -0.114. The minimum absolute atomic E-state index is 0.114. The Morgan fingerprint density at radius 1 is 0.964 bits per heavy atom. The van der Waals surface area contributed by atoms with Crippen LogP contribution in [-0.2, 0) is 6.54 Å². The summed E-state index contributed by atoms with van der Waals surface area (Å²) in [7, 11) is 1.63. The van der Waals surface area contributed by atoms with Crippen LogP contribution in [0, 0.1) is 0 Å². The molecule has 144 valence electrons. The number of methoxy groups -OCH3 is 1. The molecular formula is C23H24N2O3. The zero-order valence-electron chi connectivity index (χ0n) is 16.2. The molecule has 5 heteroatoms. The molecule has 0 unspecified atom stereocenters. The van der Waals surface area contributed by atoms with Crippen molar-refractivity contribution < 1.29 is 14.3 Å². The van der Waals surface area contributed by atoms with Crippen molar-refractivity contribution in [2.75, 3.05) is 18.6 Å². The highest BCUT2D eigenvalue weighted by molar-refractivity contribution is 6.05. The van der Waals surface area contributed by atoms with Gasteiger partial charge >= 0.3 is 0 Å². The van der Waals surface area contributed by atoms with Gasteiger partial charge in [-0.3, -0.25) is 9.69 Å². The molecule has 0 aliphatic carbocycles. The van der Waals surface area contributed by atoms with Gasteiger partial charge in [-0.25, -0.2) is 4.98 Å². The molecule has 0 aliphatic rings. The summed E-state index contributed by atoms with van der Waals surface area (Å²) in [6, 6.07) is 20.4. The maximum absolute atomic E-state index is 13.2. The first-order chi connectivity index (χ1) is 13.7. The van der Waals surface area contributed by atoms with Gasteiger partial charge in [0.15, 0.2) is 0 Å². The van der Waals surface area contributed by atoms with E-state index in [-0.39, 0.29) is 5.91 Å². The Labute approximate surface area is 165 Å². The number of anilines is 1. The predicted molar refractivity (Wildman–Crippen MR) is 110 cm³/mol. The maximum Gasteiger partial charge on any atom is 0.259 e. The van der Waals surface area contributed by atoms with Crippen LogP contribution in [0.1, 0.15) is 29.3 Å². The number of hydrogen-bond acceptors (Lipinski definition) is 4. The fourth-order valence-corrected chi connectivity index (χ4v) is 2.75. The summed E-state index contributed by atoms with van der Waals surface area (Å²) in [6.45, 7) is 3.13. The van der Waals surface area contributed by atoms with Crippen LogP contribution in [0.5, 0.6) is 11.5 Å². The van der Waals surface area contributed by atoms with Crippen LogP contribution >= 0.6 is 0 Å². The third kappa shape index (κ3) is 4.88. The molecule has 0 saturated heterocycles. The molecule has 3 aromatic rings. The molecule has 0 aliphatic heterocycles. The van der Waals surface area contributed by atoms with Crippen molar-refractivity contribution in [1.82, 2.24) is 4.98 Å². The SMILES string of the molecule is CCCOc1ccc(C(=O)N(Cc2ccc(OC)cc2)c2ccccn2)cc1. The van der Waals surface area contributed by atoms with Crippen molar-refractivity contribution in [3.05, 3.63) is 84.1 Å². The molecule has 0 bridgehead atoms. The molecule has 5 nitrogen and oxygen atoms in total. The topological polar surface area (TPSA) is 51.7 Å². The van der Waals surface area contributed by atoms with Crippen molar-refractivity contribution >= 4 is 11.7 Å². The Bertz CT molecular complexity index is 878. The summed E-state index contributed by atoms with van der Waals surface area (Å²) < 4.78 is 10.8. The van der Waals surface area contributed by atoms with Crippen LogP contribution in [0.3, 0.4) is 0 Å². The second-order valence-electron chi connectivity index (χ2n) is 6.30. The van der Waals surface area contributed by atoms with Gasteiger partial charge in [0, 0.05) is 11.8 Å². The van der Waals surface area contributed by atoms with Crippen LogP contribution in [0.15, 0.2) is 72.9 Å². The van der Waals surface area contributed by atoms with Gasteiger partial charge in [-0.1, -0.05) is 25.1 Å². The molecule has 1 aromatic heterocycles. The van der Waals surface area contributed by atoms with Gasteiger partial charge in [-0.05, 0) is 60.5 Å². The number of nitrogens with zero attached hydrogens (tertiary/aromatic N) is 2.